The van der Waals surface area contributed by atoms with E-state index in [9.17, 15) is 43.5 Å². The zero-order valence-electron chi connectivity index (χ0n) is 75.0. The first-order chi connectivity index (χ1) is 58.2. The number of phosphoric ester groups is 2. The zero-order valence-corrected chi connectivity index (χ0v) is 76.8. The minimum atomic E-state index is -4.95. The van der Waals surface area contributed by atoms with E-state index in [0.717, 1.165) is 186 Å². The van der Waals surface area contributed by atoms with Gasteiger partial charge in [-0.2, -0.15) is 0 Å². The fourth-order valence-electron chi connectivity index (χ4n) is 12.6. The second kappa shape index (κ2) is 91.8. The molecule has 5 unspecified atom stereocenters. The summed E-state index contributed by atoms with van der Waals surface area (Å²) in [7, 11) is -9.82. The van der Waals surface area contributed by atoms with Gasteiger partial charge in [0.1, 0.15) is 25.4 Å². The van der Waals surface area contributed by atoms with Crippen molar-refractivity contribution in [1.82, 2.24) is 0 Å². The van der Waals surface area contributed by atoms with E-state index in [4.69, 9.17) is 32.3 Å². The fourth-order valence-corrected chi connectivity index (χ4v) is 14.2. The molecule has 4 N–H and O–H groups in total. The third-order valence-electron chi connectivity index (χ3n) is 19.6. The van der Waals surface area contributed by atoms with Gasteiger partial charge in [0, 0.05) is 19.3 Å². The molecule has 119 heavy (non-hydrogen) atoms. The maximum absolute atomic E-state index is 13.1. The summed E-state index contributed by atoms with van der Waals surface area (Å²) in [4.78, 5) is 59.1. The molecule has 0 aliphatic carbocycles. The predicted octanol–water partition coefficient (Wildman–Crippen LogP) is 29.2. The molecule has 0 bridgehead atoms. The molecule has 0 fully saturated rings. The second-order valence-electron chi connectivity index (χ2n) is 31.0. The van der Waals surface area contributed by atoms with Crippen LogP contribution in [0, 0.1) is 0 Å². The lowest BCUT2D eigenvalue weighted by atomic mass is 10.0. The van der Waals surface area contributed by atoms with Crippen LogP contribution in [0.1, 0.15) is 380 Å². The van der Waals surface area contributed by atoms with E-state index in [1.165, 1.54) is 135 Å². The summed E-state index contributed by atoms with van der Waals surface area (Å²) < 4.78 is 61.6. The van der Waals surface area contributed by atoms with Crippen molar-refractivity contribution in [3.63, 3.8) is 0 Å². The molecule has 0 spiro atoms. The summed E-state index contributed by atoms with van der Waals surface area (Å²) in [6.45, 7) is 2.38. The molecule has 0 heterocycles. The van der Waals surface area contributed by atoms with Crippen molar-refractivity contribution in [2.45, 2.75) is 399 Å². The topological polar surface area (TPSA) is 231 Å². The number of aliphatic hydroxyl groups excluding tert-OH is 2. The van der Waals surface area contributed by atoms with Crippen LogP contribution in [-0.2, 0) is 55.8 Å². The van der Waals surface area contributed by atoms with E-state index in [-0.39, 0.29) is 19.3 Å². The van der Waals surface area contributed by atoms with Crippen molar-refractivity contribution in [3.05, 3.63) is 182 Å². The van der Waals surface area contributed by atoms with Gasteiger partial charge in [-0.25, -0.2) is 9.13 Å². The van der Waals surface area contributed by atoms with Crippen molar-refractivity contribution in [2.24, 2.45) is 0 Å². The van der Waals surface area contributed by atoms with Crippen molar-refractivity contribution in [1.29, 1.82) is 0 Å². The molecule has 5 atom stereocenters. The highest BCUT2D eigenvalue weighted by Gasteiger charge is 2.29. The molecular weight excluding hydrogens is 1530 g/mol. The number of hydrogen-bond acceptors (Lipinski definition) is 14. The number of ether oxygens (including phenoxy) is 3. The first kappa shape index (κ1) is 114. The standard InChI is InChI=1S/C101H170O16P2/c1-4-7-10-13-16-19-22-25-28-31-34-37-40-43-46-47-50-52-54-57-60-63-66-69-72-75-78-81-84-87-99(104)111-90-96(102)91-113-118(107,108)114-92-97(103)93-115-119(109,110)116-95-98(117-101(106)89-86-83-80-77-74-71-68-65-62-59-56-53-49-45-42-39-36-33-30-27-24-21-18-15-12-9-6-3)94-112-100(105)88-85-82-79-76-73-70-67-64-61-58-55-51-48-44-41-38-35-32-29-26-23-20-17-14-11-8-5-2/h7-12,16-21,25-30,34-39,43-46,48-49,96-98,102-103H,4-6,13-15,22-24,31-33,40-42,47,50-95H2,1-3H3,(H,107,108)(H,109,110)/b10-7-,11-8-,12-9-,19-16-,20-17-,21-18-,28-25-,29-26-,30-27-,37-34-,38-35-,39-36-,46-43-,48-44-,49-45-. The molecule has 0 saturated carbocycles. The van der Waals surface area contributed by atoms with Gasteiger partial charge in [-0.1, -0.05) is 389 Å². The molecule has 0 aliphatic heterocycles. The molecule has 18 heteroatoms. The van der Waals surface area contributed by atoms with Gasteiger partial charge in [0.25, 0.3) is 0 Å². The Morgan fingerprint density at radius 2 is 0.420 bits per heavy atom. The average Bonchev–Trinajstić information content (AvgIpc) is 0.905. The molecule has 0 aromatic carbocycles. The summed E-state index contributed by atoms with van der Waals surface area (Å²) in [5.41, 5.74) is 0. The molecule has 0 rings (SSSR count). The smallest absolute Gasteiger partial charge is 0.463 e. The van der Waals surface area contributed by atoms with Crippen LogP contribution in [0.4, 0.5) is 0 Å². The molecule has 0 aromatic heterocycles. The van der Waals surface area contributed by atoms with E-state index in [0.29, 0.717) is 19.3 Å². The number of rotatable bonds is 88. The van der Waals surface area contributed by atoms with Crippen LogP contribution in [0.2, 0.25) is 0 Å². The highest BCUT2D eigenvalue weighted by molar-refractivity contribution is 7.47. The van der Waals surface area contributed by atoms with Gasteiger partial charge in [0.15, 0.2) is 6.10 Å². The van der Waals surface area contributed by atoms with Crippen molar-refractivity contribution < 1.29 is 75.8 Å². The average molecular weight is 1700 g/mol. The molecule has 0 radical (unpaired) electrons. The fraction of sp³-hybridized carbons (Fsp3) is 0.673. The van der Waals surface area contributed by atoms with Crippen LogP contribution in [0.5, 0.6) is 0 Å². The summed E-state index contributed by atoms with van der Waals surface area (Å²) >= 11 is 0. The summed E-state index contributed by atoms with van der Waals surface area (Å²) in [5.74, 6) is -1.58. The Bertz CT molecular complexity index is 2890. The van der Waals surface area contributed by atoms with Crippen LogP contribution in [0.25, 0.3) is 0 Å². The number of aliphatic hydroxyl groups is 2. The number of esters is 3. The van der Waals surface area contributed by atoms with Crippen LogP contribution in [0.15, 0.2) is 182 Å². The van der Waals surface area contributed by atoms with E-state index in [1.807, 2.05) is 0 Å². The van der Waals surface area contributed by atoms with Gasteiger partial charge in [-0.3, -0.25) is 32.5 Å². The number of carbonyl (C=O) groups is 3. The quantitative estimate of drug-likeness (QED) is 0.0146. The molecular formula is C101H170O16P2. The number of hydrogen-bond donors (Lipinski definition) is 4. The van der Waals surface area contributed by atoms with Gasteiger partial charge in [0.05, 0.1) is 26.4 Å². The largest absolute Gasteiger partial charge is 0.472 e. The summed E-state index contributed by atoms with van der Waals surface area (Å²) in [6, 6.07) is 0. The molecule has 16 nitrogen and oxygen atoms in total. The second-order valence-corrected chi connectivity index (χ2v) is 33.9. The van der Waals surface area contributed by atoms with Crippen molar-refractivity contribution in [2.75, 3.05) is 39.6 Å². The van der Waals surface area contributed by atoms with E-state index in [2.05, 4.69) is 203 Å². The number of phosphoric acid groups is 2. The summed E-state index contributed by atoms with van der Waals surface area (Å²) in [5, 5.41) is 20.8. The van der Waals surface area contributed by atoms with E-state index < -0.39 is 91.5 Å². The van der Waals surface area contributed by atoms with Crippen molar-refractivity contribution >= 4 is 33.6 Å². The molecule has 0 amide bonds. The SMILES string of the molecule is CC/C=C\C/C=C\C/C=C\C/C=C\C/C=C\CCCCCCCCCCCCCCCC(=O)OCC(O)COP(=O)(O)OCC(O)COP(=O)(O)OCC(COC(=O)CCCCCCCCCCCCC/C=C\C/C=C\C/C=C\C/C=C\C/C=C\CC)OC(=O)CCCCCCCCCCCCC/C=C\C/C=C\C/C=C\C/C=C\C/C=C\CC. The van der Waals surface area contributed by atoms with Crippen LogP contribution >= 0.6 is 15.6 Å². The molecule has 680 valence electrons. The first-order valence-electron chi connectivity index (χ1n) is 47.1. The van der Waals surface area contributed by atoms with Gasteiger partial charge in [-0.05, 0) is 154 Å². The lowest BCUT2D eigenvalue weighted by Gasteiger charge is -2.21. The molecule has 0 aliphatic rings. The number of carbonyl (C=O) groups excluding carboxylic acids is 3. The van der Waals surface area contributed by atoms with E-state index in [1.54, 1.807) is 0 Å². The Kier molecular flexibility index (Phi) is 87.7. The Morgan fingerprint density at radius 3 is 0.664 bits per heavy atom. The minimum absolute atomic E-state index is 0.0948. The van der Waals surface area contributed by atoms with Crippen LogP contribution in [-0.4, -0.2) is 95.9 Å². The van der Waals surface area contributed by atoms with Gasteiger partial charge in [-0.15, -0.1) is 0 Å². The van der Waals surface area contributed by atoms with E-state index >= 15 is 0 Å². The molecule has 0 aromatic rings. The zero-order chi connectivity index (χ0) is 86.5. The number of allylic oxidation sites excluding steroid dienone is 30. The lowest BCUT2D eigenvalue weighted by molar-refractivity contribution is -0.161. The van der Waals surface area contributed by atoms with Crippen LogP contribution in [0.3, 0.4) is 0 Å². The predicted molar refractivity (Wildman–Crippen MR) is 500 cm³/mol. The van der Waals surface area contributed by atoms with Gasteiger partial charge >= 0.3 is 33.6 Å². The third kappa shape index (κ3) is 93.2. The number of unbranched alkanes of at least 4 members (excludes halogenated alkanes) is 35. The Labute approximate surface area is 725 Å². The maximum atomic E-state index is 13.1. The summed E-state index contributed by atoms with van der Waals surface area (Å²) in [6.07, 6.45) is 121. The van der Waals surface area contributed by atoms with Gasteiger partial charge < -0.3 is 34.2 Å². The first-order valence-corrected chi connectivity index (χ1v) is 50.1. The highest BCUT2D eigenvalue weighted by atomic mass is 31.2. The van der Waals surface area contributed by atoms with Crippen molar-refractivity contribution in [3.8, 4) is 0 Å². The Hall–Kier alpha value is -5.35. The lowest BCUT2D eigenvalue weighted by Crippen LogP contribution is -2.30. The third-order valence-corrected chi connectivity index (χ3v) is 21.5. The molecule has 0 saturated heterocycles. The monoisotopic (exact) mass is 1700 g/mol. The van der Waals surface area contributed by atoms with Gasteiger partial charge in [0.2, 0.25) is 0 Å². The van der Waals surface area contributed by atoms with Crippen LogP contribution < -0.4 is 0 Å². The normalized spacial score (nSPS) is 14.6. The Balaban J connectivity index is 4.66. The minimum Gasteiger partial charge on any atom is -0.463 e. The maximum Gasteiger partial charge on any atom is 0.472 e. The highest BCUT2D eigenvalue weighted by Crippen LogP contribution is 2.45. The Morgan fingerprint density at radius 1 is 0.235 bits per heavy atom.